The second-order valence-electron chi connectivity index (χ2n) is 8.16. The molecule has 0 aliphatic carbocycles. The molecule has 1 fully saturated rings. The molecule has 1 atom stereocenters. The third-order valence-corrected chi connectivity index (χ3v) is 5.73. The summed E-state index contributed by atoms with van der Waals surface area (Å²) in [4.78, 5) is 13.8. The number of nitrogens with zero attached hydrogens (tertiary/aromatic N) is 4. The summed E-state index contributed by atoms with van der Waals surface area (Å²) in [6, 6.07) is 7.07. The molecule has 0 bridgehead atoms. The molecule has 1 saturated heterocycles. The highest BCUT2D eigenvalue weighted by Gasteiger charge is 2.25. The normalized spacial score (nSPS) is 18.9. The summed E-state index contributed by atoms with van der Waals surface area (Å²) < 4.78 is 5.73. The summed E-state index contributed by atoms with van der Waals surface area (Å²) in [5, 5.41) is 0. The van der Waals surface area contributed by atoms with Gasteiger partial charge >= 0.3 is 0 Å². The van der Waals surface area contributed by atoms with Crippen LogP contribution in [-0.4, -0.2) is 47.7 Å². The Kier molecular flexibility index (Phi) is 4.78. The van der Waals surface area contributed by atoms with E-state index < -0.39 is 5.54 Å². The summed E-state index contributed by atoms with van der Waals surface area (Å²) in [7, 11) is 0. The van der Waals surface area contributed by atoms with Gasteiger partial charge in [0.25, 0.3) is 0 Å². The fourth-order valence-corrected chi connectivity index (χ4v) is 3.78. The van der Waals surface area contributed by atoms with Crippen LogP contribution in [0.5, 0.6) is 5.75 Å². The van der Waals surface area contributed by atoms with Gasteiger partial charge in [-0.2, -0.15) is 0 Å². The number of hydrogen-bond donors (Lipinski definition) is 1. The molecule has 6 heteroatoms. The van der Waals surface area contributed by atoms with Crippen molar-refractivity contribution in [3.63, 3.8) is 0 Å². The first kappa shape index (κ1) is 18.2. The van der Waals surface area contributed by atoms with E-state index in [2.05, 4.69) is 44.9 Å². The fraction of sp³-hybridized carbons (Fsp3) is 0.524. The minimum absolute atomic E-state index is 0.378. The van der Waals surface area contributed by atoms with Gasteiger partial charge in [0.05, 0.1) is 6.61 Å². The average Bonchev–Trinajstić information content (AvgIpc) is 3.15. The van der Waals surface area contributed by atoms with Gasteiger partial charge in [-0.1, -0.05) is 12.1 Å². The summed E-state index contributed by atoms with van der Waals surface area (Å²) in [5.41, 5.74) is 9.32. The van der Waals surface area contributed by atoms with Crippen LogP contribution in [0.4, 0.5) is 5.95 Å². The van der Waals surface area contributed by atoms with Gasteiger partial charge in [-0.05, 0) is 38.0 Å². The van der Waals surface area contributed by atoms with Crippen LogP contribution >= 0.6 is 0 Å². The van der Waals surface area contributed by atoms with Crippen LogP contribution in [0.25, 0.3) is 0 Å². The van der Waals surface area contributed by atoms with Crippen molar-refractivity contribution in [3.8, 4) is 5.75 Å². The Hall–Kier alpha value is -2.18. The van der Waals surface area contributed by atoms with E-state index in [-0.39, 0.29) is 0 Å². The first-order valence-corrected chi connectivity index (χ1v) is 9.78. The summed E-state index contributed by atoms with van der Waals surface area (Å²) in [5.74, 6) is 1.86. The molecular weight excluding hydrogens is 338 g/mol. The molecular formula is C21H29N5O. The maximum atomic E-state index is 6.12. The number of hydrogen-bond acceptors (Lipinski definition) is 6. The van der Waals surface area contributed by atoms with Crippen molar-refractivity contribution >= 4 is 5.95 Å². The summed E-state index contributed by atoms with van der Waals surface area (Å²) in [6.45, 7) is 10.9. The van der Waals surface area contributed by atoms with Gasteiger partial charge in [0.15, 0.2) is 0 Å². The predicted molar refractivity (Wildman–Crippen MR) is 107 cm³/mol. The molecule has 2 N–H and O–H groups in total. The van der Waals surface area contributed by atoms with Crippen molar-refractivity contribution in [1.82, 2.24) is 14.9 Å². The van der Waals surface area contributed by atoms with E-state index >= 15 is 0 Å². The number of rotatable bonds is 4. The number of fused-ring (bicyclic) bond motifs is 1. The Morgan fingerprint density at radius 2 is 1.81 bits per heavy atom. The predicted octanol–water partition coefficient (Wildman–Crippen LogP) is 2.49. The van der Waals surface area contributed by atoms with E-state index in [1.54, 1.807) is 0 Å². The van der Waals surface area contributed by atoms with Gasteiger partial charge in [-0.3, -0.25) is 4.90 Å². The monoisotopic (exact) mass is 367 g/mol. The molecule has 0 saturated carbocycles. The summed E-state index contributed by atoms with van der Waals surface area (Å²) >= 11 is 0. The van der Waals surface area contributed by atoms with E-state index in [0.717, 1.165) is 56.5 Å². The molecule has 2 aliphatic rings. The second kappa shape index (κ2) is 7.09. The maximum Gasteiger partial charge on any atom is 0.225 e. The van der Waals surface area contributed by atoms with Crippen LogP contribution in [0, 0.1) is 0 Å². The zero-order chi connectivity index (χ0) is 19.0. The van der Waals surface area contributed by atoms with Crippen molar-refractivity contribution < 1.29 is 4.74 Å². The van der Waals surface area contributed by atoms with E-state index in [1.807, 2.05) is 26.2 Å². The molecule has 1 aromatic heterocycles. The highest BCUT2D eigenvalue weighted by atomic mass is 16.5. The highest BCUT2D eigenvalue weighted by Crippen LogP contribution is 2.31. The number of anilines is 1. The van der Waals surface area contributed by atoms with Crippen LogP contribution in [0.3, 0.4) is 0 Å². The SMILES string of the molecule is CC(c1ccc2c(c1)OCC2)N1CCN(c2ncc(C(C)(C)N)cn2)CC1. The first-order chi connectivity index (χ1) is 12.9. The van der Waals surface area contributed by atoms with Gasteiger partial charge in [-0.25, -0.2) is 9.97 Å². The zero-order valence-electron chi connectivity index (χ0n) is 16.5. The van der Waals surface area contributed by atoms with Crippen LogP contribution in [0.1, 0.15) is 43.5 Å². The largest absolute Gasteiger partial charge is 0.493 e. The van der Waals surface area contributed by atoms with E-state index in [4.69, 9.17) is 10.5 Å². The van der Waals surface area contributed by atoms with Crippen LogP contribution < -0.4 is 15.4 Å². The number of benzene rings is 1. The standard InChI is InChI=1S/C21H29N5O/c1-15(17-5-4-16-6-11-27-19(16)12-17)25-7-9-26(10-8-25)20-23-13-18(14-24-20)21(2,3)22/h4-5,12-15H,6-11,22H2,1-3H3. The van der Waals surface area contributed by atoms with Crippen molar-refractivity contribution in [2.45, 2.75) is 38.8 Å². The van der Waals surface area contributed by atoms with Crippen molar-refractivity contribution in [3.05, 3.63) is 47.3 Å². The number of piperazine rings is 1. The second-order valence-corrected chi connectivity index (χ2v) is 8.16. The van der Waals surface area contributed by atoms with Gasteiger partial charge in [0.2, 0.25) is 5.95 Å². The third kappa shape index (κ3) is 3.77. The van der Waals surface area contributed by atoms with E-state index in [0.29, 0.717) is 6.04 Å². The number of nitrogens with two attached hydrogens (primary N) is 1. The average molecular weight is 367 g/mol. The molecule has 1 aromatic carbocycles. The molecule has 0 radical (unpaired) electrons. The number of aromatic nitrogens is 2. The lowest BCUT2D eigenvalue weighted by molar-refractivity contribution is 0.197. The molecule has 2 aromatic rings. The maximum absolute atomic E-state index is 6.12. The molecule has 144 valence electrons. The first-order valence-electron chi connectivity index (χ1n) is 9.78. The van der Waals surface area contributed by atoms with Gasteiger partial charge in [-0.15, -0.1) is 0 Å². The van der Waals surface area contributed by atoms with Gasteiger partial charge < -0.3 is 15.4 Å². The molecule has 4 rings (SSSR count). The summed E-state index contributed by atoms with van der Waals surface area (Å²) in [6.07, 6.45) is 4.73. The smallest absolute Gasteiger partial charge is 0.225 e. The lowest BCUT2D eigenvalue weighted by Crippen LogP contribution is -2.47. The van der Waals surface area contributed by atoms with Crippen molar-refractivity contribution in [2.24, 2.45) is 5.73 Å². The quantitative estimate of drug-likeness (QED) is 0.895. The number of ether oxygens (including phenoxy) is 1. The molecule has 1 unspecified atom stereocenters. The highest BCUT2D eigenvalue weighted by molar-refractivity contribution is 5.41. The third-order valence-electron chi connectivity index (χ3n) is 5.73. The lowest BCUT2D eigenvalue weighted by Gasteiger charge is -2.38. The molecule has 27 heavy (non-hydrogen) atoms. The van der Waals surface area contributed by atoms with Crippen LogP contribution in [0.15, 0.2) is 30.6 Å². The zero-order valence-corrected chi connectivity index (χ0v) is 16.5. The van der Waals surface area contributed by atoms with Gasteiger partial charge in [0.1, 0.15) is 5.75 Å². The Morgan fingerprint density at radius 1 is 1.11 bits per heavy atom. The van der Waals surface area contributed by atoms with Crippen molar-refractivity contribution in [1.29, 1.82) is 0 Å². The molecule has 2 aliphatic heterocycles. The van der Waals surface area contributed by atoms with Crippen LogP contribution in [0.2, 0.25) is 0 Å². The molecule has 0 spiro atoms. The van der Waals surface area contributed by atoms with Crippen molar-refractivity contribution in [2.75, 3.05) is 37.7 Å². The lowest BCUT2D eigenvalue weighted by atomic mass is 9.99. The molecule has 3 heterocycles. The Labute approximate surface area is 161 Å². The topological polar surface area (TPSA) is 67.5 Å². The van der Waals surface area contributed by atoms with E-state index in [1.165, 1.54) is 11.1 Å². The van der Waals surface area contributed by atoms with Crippen LogP contribution in [-0.2, 0) is 12.0 Å². The van der Waals surface area contributed by atoms with E-state index in [9.17, 15) is 0 Å². The Balaban J connectivity index is 1.38. The molecule has 0 amide bonds. The Morgan fingerprint density at radius 3 is 2.48 bits per heavy atom. The Bertz CT molecular complexity index is 791. The minimum atomic E-state index is -0.410. The van der Waals surface area contributed by atoms with Gasteiger partial charge in [0, 0.05) is 62.1 Å². The fourth-order valence-electron chi connectivity index (χ4n) is 3.78. The molecule has 6 nitrogen and oxygen atoms in total. The minimum Gasteiger partial charge on any atom is -0.493 e.